The Labute approximate surface area is 198 Å². The summed E-state index contributed by atoms with van der Waals surface area (Å²) in [6.07, 6.45) is 3.16. The molecule has 8 nitrogen and oxygen atoms in total. The number of fused-ring (bicyclic) bond motifs is 1. The molecule has 1 aromatic heterocycles. The number of aromatic hydroxyl groups is 1. The van der Waals surface area contributed by atoms with E-state index in [-0.39, 0.29) is 36.2 Å². The van der Waals surface area contributed by atoms with Gasteiger partial charge in [-0.05, 0) is 82.9 Å². The van der Waals surface area contributed by atoms with Gasteiger partial charge in [-0.2, -0.15) is 0 Å². The van der Waals surface area contributed by atoms with E-state index in [0.29, 0.717) is 16.7 Å². The van der Waals surface area contributed by atoms with Crippen molar-refractivity contribution in [3.05, 3.63) is 53.1 Å². The van der Waals surface area contributed by atoms with Crippen LogP contribution >= 0.6 is 0 Å². The fourth-order valence-corrected chi connectivity index (χ4v) is 4.71. The van der Waals surface area contributed by atoms with Crippen LogP contribution in [0.3, 0.4) is 0 Å². The number of ether oxygens (including phenoxy) is 1. The number of carbonyl (C=O) groups is 2. The second-order valence-corrected chi connectivity index (χ2v) is 9.07. The van der Waals surface area contributed by atoms with E-state index in [1.807, 2.05) is 30.9 Å². The Kier molecular flexibility index (Phi) is 6.68. The van der Waals surface area contributed by atoms with Crippen molar-refractivity contribution in [1.29, 1.82) is 0 Å². The first-order chi connectivity index (χ1) is 16.2. The Morgan fingerprint density at radius 3 is 2.47 bits per heavy atom. The largest absolute Gasteiger partial charge is 0.493 e. The molecule has 3 aromatic rings. The van der Waals surface area contributed by atoms with Crippen molar-refractivity contribution in [1.82, 2.24) is 9.88 Å². The molecule has 2 unspecified atom stereocenters. The first-order valence-electron chi connectivity index (χ1n) is 11.6. The number of hydrogen-bond acceptors (Lipinski definition) is 5. The zero-order valence-corrected chi connectivity index (χ0v) is 20.0. The normalized spacial score (nSPS) is 18.5. The fourth-order valence-electron chi connectivity index (χ4n) is 4.71. The molecule has 0 bridgehead atoms. The van der Waals surface area contributed by atoms with Crippen LogP contribution in [0, 0.1) is 13.8 Å². The number of nitrogens with zero attached hydrogens (tertiary/aromatic N) is 3. The minimum Gasteiger partial charge on any atom is -0.493 e. The lowest BCUT2D eigenvalue weighted by molar-refractivity contribution is -0.139. The lowest BCUT2D eigenvalue weighted by Gasteiger charge is -2.38. The number of piperidine rings is 1. The van der Waals surface area contributed by atoms with E-state index in [0.717, 1.165) is 35.9 Å². The summed E-state index contributed by atoms with van der Waals surface area (Å²) >= 11 is 0. The van der Waals surface area contributed by atoms with Crippen LogP contribution in [0.4, 0.5) is 5.69 Å². The molecule has 34 heavy (non-hydrogen) atoms. The molecule has 0 aliphatic carbocycles. The van der Waals surface area contributed by atoms with Crippen molar-refractivity contribution in [3.63, 3.8) is 0 Å². The first kappa shape index (κ1) is 23.5. The van der Waals surface area contributed by atoms with E-state index in [1.54, 1.807) is 24.3 Å². The molecule has 178 valence electrons. The van der Waals surface area contributed by atoms with Gasteiger partial charge in [0.05, 0.1) is 5.52 Å². The minimum absolute atomic E-state index is 0.0299. The van der Waals surface area contributed by atoms with Gasteiger partial charge in [-0.25, -0.2) is 0 Å². The zero-order valence-electron chi connectivity index (χ0n) is 20.0. The highest BCUT2D eigenvalue weighted by Crippen LogP contribution is 2.37. The summed E-state index contributed by atoms with van der Waals surface area (Å²) in [4.78, 5) is 29.9. The number of H-pyrrole nitrogens is 1. The fraction of sp³-hybridized carbons (Fsp3) is 0.385. The number of carbonyl (C=O) groups excluding carboxylic acids is 2. The molecule has 4 rings (SSSR count). The maximum Gasteiger partial charge on any atom is 0.295 e. The van der Waals surface area contributed by atoms with Crippen molar-refractivity contribution in [2.24, 2.45) is 10.2 Å². The maximum atomic E-state index is 12.6. The van der Waals surface area contributed by atoms with Crippen LogP contribution in [-0.2, 0) is 4.79 Å². The van der Waals surface area contributed by atoms with E-state index < -0.39 is 5.91 Å². The smallest absolute Gasteiger partial charge is 0.295 e. The number of amides is 2. The average molecular weight is 463 g/mol. The van der Waals surface area contributed by atoms with Gasteiger partial charge in [-0.1, -0.05) is 11.6 Å². The summed E-state index contributed by atoms with van der Waals surface area (Å²) in [6, 6.07) is 10.7. The molecular weight excluding hydrogens is 432 g/mol. The highest BCUT2D eigenvalue weighted by molar-refractivity contribution is 5.98. The van der Waals surface area contributed by atoms with Crippen molar-refractivity contribution in [2.45, 2.75) is 59.0 Å². The summed E-state index contributed by atoms with van der Waals surface area (Å²) in [5.74, 6) is -0.209. The number of likely N-dealkylation sites (tertiary alicyclic amines) is 1. The number of hydrogen-bond donors (Lipinski definition) is 2. The lowest BCUT2D eigenvalue weighted by Crippen LogP contribution is -2.49. The van der Waals surface area contributed by atoms with Gasteiger partial charge >= 0.3 is 0 Å². The maximum absolute atomic E-state index is 12.6. The van der Waals surface area contributed by atoms with E-state index in [9.17, 15) is 14.7 Å². The van der Waals surface area contributed by atoms with Crippen molar-refractivity contribution >= 4 is 28.4 Å². The average Bonchev–Trinajstić information content (AvgIpc) is 3.11. The monoisotopic (exact) mass is 462 g/mol. The van der Waals surface area contributed by atoms with Crippen molar-refractivity contribution in [2.75, 3.05) is 6.61 Å². The zero-order chi connectivity index (χ0) is 24.4. The van der Waals surface area contributed by atoms with Gasteiger partial charge in [0, 0.05) is 23.0 Å². The number of nitrogens with one attached hydrogen (secondary N) is 1. The molecule has 1 aliphatic heterocycles. The van der Waals surface area contributed by atoms with E-state index in [4.69, 9.17) is 4.74 Å². The Hall–Kier alpha value is -3.68. The highest BCUT2D eigenvalue weighted by atomic mass is 16.5. The van der Waals surface area contributed by atoms with Crippen LogP contribution in [0.15, 0.2) is 46.6 Å². The molecule has 0 saturated carbocycles. The predicted molar refractivity (Wildman–Crippen MR) is 130 cm³/mol. The Balaban J connectivity index is 1.41. The van der Waals surface area contributed by atoms with Crippen LogP contribution in [0.2, 0.25) is 0 Å². The molecule has 2 atom stereocenters. The third-order valence-corrected chi connectivity index (χ3v) is 6.39. The summed E-state index contributed by atoms with van der Waals surface area (Å²) in [6.45, 7) is 7.98. The van der Waals surface area contributed by atoms with Gasteiger partial charge in [0.1, 0.15) is 5.75 Å². The summed E-state index contributed by atoms with van der Waals surface area (Å²) in [5, 5.41) is 18.7. The van der Waals surface area contributed by atoms with E-state index >= 15 is 0 Å². The molecule has 2 N–H and O–H groups in total. The number of rotatable bonds is 5. The molecular formula is C26H30N4O4. The minimum atomic E-state index is -0.545. The topological polar surface area (TPSA) is 107 Å². The highest BCUT2D eigenvalue weighted by Gasteiger charge is 2.29. The number of aromatic nitrogens is 1. The Morgan fingerprint density at radius 1 is 1.12 bits per heavy atom. The molecule has 2 heterocycles. The second kappa shape index (κ2) is 9.67. The summed E-state index contributed by atoms with van der Waals surface area (Å²) < 4.78 is 5.66. The quantitative estimate of drug-likeness (QED) is 0.482. The Morgan fingerprint density at radius 2 is 1.79 bits per heavy atom. The van der Waals surface area contributed by atoms with Gasteiger partial charge in [0.15, 0.2) is 12.3 Å². The van der Waals surface area contributed by atoms with E-state index in [2.05, 4.69) is 29.1 Å². The molecule has 2 aromatic carbocycles. The van der Waals surface area contributed by atoms with Crippen molar-refractivity contribution < 1.29 is 19.4 Å². The number of benzene rings is 2. The summed E-state index contributed by atoms with van der Waals surface area (Å²) in [5.41, 5.74) is 3.30. The van der Waals surface area contributed by atoms with Crippen LogP contribution in [0.5, 0.6) is 11.6 Å². The molecule has 2 amide bonds. The molecule has 8 heteroatoms. The molecule has 1 aliphatic rings. The van der Waals surface area contributed by atoms with Gasteiger partial charge < -0.3 is 19.7 Å². The van der Waals surface area contributed by atoms with Gasteiger partial charge in [-0.3, -0.25) is 9.59 Å². The third-order valence-electron chi connectivity index (χ3n) is 6.39. The van der Waals surface area contributed by atoms with Crippen molar-refractivity contribution in [3.8, 4) is 11.6 Å². The first-order valence-corrected chi connectivity index (χ1v) is 11.6. The second-order valence-electron chi connectivity index (χ2n) is 9.07. The van der Waals surface area contributed by atoms with Gasteiger partial charge in [0.25, 0.3) is 11.8 Å². The molecule has 0 spiro atoms. The molecule has 0 radical (unpaired) electrons. The van der Waals surface area contributed by atoms with Crippen LogP contribution in [0.25, 0.3) is 10.9 Å². The SMILES string of the molecule is Cc1cc(C)c2[nH]c(O)c(N=NC(=O)c3ccc(OCC(=O)N4C(C)CCCC4C)cc3)c2c1. The summed E-state index contributed by atoms with van der Waals surface area (Å²) in [7, 11) is 0. The predicted octanol–water partition coefficient (Wildman–Crippen LogP) is 5.58. The number of aryl methyl sites for hydroxylation is 2. The Bertz CT molecular complexity index is 1240. The molecule has 1 fully saturated rings. The lowest BCUT2D eigenvalue weighted by atomic mass is 9.97. The van der Waals surface area contributed by atoms with Crippen LogP contribution in [-0.4, -0.2) is 45.5 Å². The van der Waals surface area contributed by atoms with Crippen LogP contribution < -0.4 is 4.74 Å². The number of azo groups is 1. The van der Waals surface area contributed by atoms with E-state index in [1.165, 1.54) is 0 Å². The van der Waals surface area contributed by atoms with Gasteiger partial charge in [-0.15, -0.1) is 10.2 Å². The standard InChI is InChI=1S/C26H30N4O4/c1-15-12-16(2)23-21(13-15)24(26(33)27-23)28-29-25(32)19-8-10-20(11-9-19)34-14-22(31)30-17(3)6-5-7-18(30)4/h8-13,17-18,27,33H,5-7,14H2,1-4H3. The molecule has 1 saturated heterocycles. The van der Waals surface area contributed by atoms with Crippen LogP contribution in [0.1, 0.15) is 54.6 Å². The third kappa shape index (κ3) is 4.81. The number of aromatic amines is 1. The van der Waals surface area contributed by atoms with Gasteiger partial charge in [0.2, 0.25) is 5.88 Å².